The molecule has 6 nitrogen and oxygen atoms in total. The molecule has 0 saturated carbocycles. The van der Waals surface area contributed by atoms with E-state index in [1.807, 2.05) is 40.1 Å². The van der Waals surface area contributed by atoms with Crippen molar-refractivity contribution in [2.75, 3.05) is 37.6 Å². The third-order valence-electron chi connectivity index (χ3n) is 4.84. The Morgan fingerprint density at radius 2 is 1.68 bits per heavy atom. The van der Waals surface area contributed by atoms with Gasteiger partial charge in [-0.1, -0.05) is 18.2 Å². The molecule has 25 heavy (non-hydrogen) atoms. The van der Waals surface area contributed by atoms with Crippen LogP contribution in [0.4, 0.5) is 5.69 Å². The molecule has 2 aliphatic heterocycles. The average Bonchev–Trinajstić information content (AvgIpc) is 2.96. The molecule has 2 saturated heterocycles. The van der Waals surface area contributed by atoms with Crippen LogP contribution in [-0.4, -0.2) is 65.9 Å². The van der Waals surface area contributed by atoms with E-state index in [4.69, 9.17) is 5.73 Å². The Morgan fingerprint density at radius 3 is 2.24 bits per heavy atom. The van der Waals surface area contributed by atoms with Gasteiger partial charge < -0.3 is 15.5 Å². The Balaban J connectivity index is 0.00000225. The van der Waals surface area contributed by atoms with Gasteiger partial charge in [0, 0.05) is 38.4 Å². The number of hydrogen-bond acceptors (Lipinski definition) is 4. The molecule has 1 aromatic rings. The number of benzene rings is 1. The van der Waals surface area contributed by atoms with Gasteiger partial charge in [0.1, 0.15) is 0 Å². The van der Waals surface area contributed by atoms with Crippen molar-refractivity contribution in [3.8, 4) is 0 Å². The van der Waals surface area contributed by atoms with Crippen LogP contribution >= 0.6 is 12.4 Å². The molecule has 2 aliphatic rings. The molecule has 1 atom stereocenters. The number of nitrogens with two attached hydrogens (primary N) is 1. The molecule has 0 radical (unpaired) electrons. The third-order valence-corrected chi connectivity index (χ3v) is 4.84. The summed E-state index contributed by atoms with van der Waals surface area (Å²) in [5.41, 5.74) is 6.03. The number of hydrogen-bond donors (Lipinski definition) is 1. The van der Waals surface area contributed by atoms with Gasteiger partial charge in [-0.15, -0.1) is 12.4 Å². The molecule has 0 bridgehead atoms. The van der Waals surface area contributed by atoms with Crippen LogP contribution < -0.4 is 10.6 Å². The van der Waals surface area contributed by atoms with Gasteiger partial charge in [-0.3, -0.25) is 14.5 Å². The smallest absolute Gasteiger partial charge is 0.244 e. The summed E-state index contributed by atoms with van der Waals surface area (Å²) in [6, 6.07) is 9.73. The second kappa shape index (κ2) is 7.72. The topological polar surface area (TPSA) is 69.9 Å². The minimum absolute atomic E-state index is 0. The first-order valence-electron chi connectivity index (χ1n) is 8.56. The summed E-state index contributed by atoms with van der Waals surface area (Å²) in [6.07, 6.45) is 0.837. The molecule has 138 valence electrons. The maximum absolute atomic E-state index is 12.8. The Morgan fingerprint density at radius 1 is 1.08 bits per heavy atom. The predicted molar refractivity (Wildman–Crippen MR) is 101 cm³/mol. The summed E-state index contributed by atoms with van der Waals surface area (Å²) in [7, 11) is 0. The lowest BCUT2D eigenvalue weighted by Gasteiger charge is -2.39. The van der Waals surface area contributed by atoms with Gasteiger partial charge in [0.05, 0.1) is 11.6 Å². The fourth-order valence-corrected chi connectivity index (χ4v) is 3.51. The number of anilines is 1. The highest BCUT2D eigenvalue weighted by atomic mass is 35.5. The molecule has 2 amide bonds. The van der Waals surface area contributed by atoms with Crippen LogP contribution in [0.5, 0.6) is 0 Å². The van der Waals surface area contributed by atoms with E-state index in [1.54, 1.807) is 13.8 Å². The summed E-state index contributed by atoms with van der Waals surface area (Å²) in [4.78, 5) is 30.9. The monoisotopic (exact) mass is 366 g/mol. The highest BCUT2D eigenvalue weighted by Gasteiger charge is 2.39. The Bertz CT molecular complexity index is 609. The lowest BCUT2D eigenvalue weighted by molar-refractivity contribution is -0.138. The number of rotatable bonds is 3. The molecule has 0 aliphatic carbocycles. The van der Waals surface area contributed by atoms with Crippen LogP contribution in [0.25, 0.3) is 0 Å². The molecule has 3 rings (SSSR count). The molecular formula is C18H27ClN4O2. The van der Waals surface area contributed by atoms with Crippen molar-refractivity contribution in [1.29, 1.82) is 0 Å². The highest BCUT2D eigenvalue weighted by molar-refractivity contribution is 5.99. The third kappa shape index (κ3) is 4.14. The lowest BCUT2D eigenvalue weighted by Crippen LogP contribution is -2.59. The first-order chi connectivity index (χ1) is 11.4. The van der Waals surface area contributed by atoms with Gasteiger partial charge in [0.15, 0.2) is 0 Å². The van der Waals surface area contributed by atoms with E-state index in [0.29, 0.717) is 13.1 Å². The lowest BCUT2D eigenvalue weighted by atomic mass is 10.0. The summed E-state index contributed by atoms with van der Waals surface area (Å²) in [5, 5.41) is 0. The molecule has 1 unspecified atom stereocenters. The van der Waals surface area contributed by atoms with Crippen molar-refractivity contribution >= 4 is 29.9 Å². The molecule has 2 heterocycles. The van der Waals surface area contributed by atoms with Crippen LogP contribution in [0.15, 0.2) is 30.3 Å². The van der Waals surface area contributed by atoms with E-state index in [9.17, 15) is 9.59 Å². The zero-order valence-electron chi connectivity index (χ0n) is 14.9. The Labute approximate surface area is 155 Å². The van der Waals surface area contributed by atoms with E-state index < -0.39 is 5.54 Å². The Hall–Kier alpha value is -1.63. The minimum Gasteiger partial charge on any atom is -0.339 e. The number of carbonyl (C=O) groups is 2. The Kier molecular flexibility index (Phi) is 6.08. The van der Waals surface area contributed by atoms with Crippen LogP contribution in [-0.2, 0) is 9.59 Å². The standard InChI is InChI=1S/C18H26N4O2.ClH/c1-18(2,19)17(24)21-12-10-20(11-13-21)15-8-9-22(16(15)23)14-6-4-3-5-7-14;/h3-7,15H,8-13,19H2,1-2H3;1H. The van der Waals surface area contributed by atoms with Crippen molar-refractivity contribution in [3.63, 3.8) is 0 Å². The first-order valence-corrected chi connectivity index (χ1v) is 8.56. The van der Waals surface area contributed by atoms with Crippen LogP contribution in [0.1, 0.15) is 20.3 Å². The number of nitrogens with zero attached hydrogens (tertiary/aromatic N) is 3. The summed E-state index contributed by atoms with van der Waals surface area (Å²) >= 11 is 0. The van der Waals surface area contributed by atoms with Crippen molar-refractivity contribution in [1.82, 2.24) is 9.80 Å². The van der Waals surface area contributed by atoms with Gasteiger partial charge >= 0.3 is 0 Å². The number of para-hydroxylation sites is 1. The molecule has 2 N–H and O–H groups in total. The van der Waals surface area contributed by atoms with Crippen LogP contribution in [0.3, 0.4) is 0 Å². The van der Waals surface area contributed by atoms with E-state index in [2.05, 4.69) is 4.90 Å². The molecule has 0 spiro atoms. The van der Waals surface area contributed by atoms with Crippen molar-refractivity contribution in [2.45, 2.75) is 31.8 Å². The summed E-state index contributed by atoms with van der Waals surface area (Å²) < 4.78 is 0. The van der Waals surface area contributed by atoms with Gasteiger partial charge in [0.2, 0.25) is 11.8 Å². The van der Waals surface area contributed by atoms with Crippen molar-refractivity contribution in [3.05, 3.63) is 30.3 Å². The van der Waals surface area contributed by atoms with Gasteiger partial charge in [-0.05, 0) is 32.4 Å². The maximum Gasteiger partial charge on any atom is 0.244 e. The van der Waals surface area contributed by atoms with Crippen molar-refractivity contribution in [2.24, 2.45) is 5.73 Å². The van der Waals surface area contributed by atoms with Crippen molar-refractivity contribution < 1.29 is 9.59 Å². The highest BCUT2D eigenvalue weighted by Crippen LogP contribution is 2.25. The summed E-state index contributed by atoms with van der Waals surface area (Å²) in [5.74, 6) is 0.144. The van der Waals surface area contributed by atoms with E-state index in [-0.39, 0.29) is 30.3 Å². The van der Waals surface area contributed by atoms with Gasteiger partial charge in [-0.2, -0.15) is 0 Å². The number of amides is 2. The molecule has 0 aromatic heterocycles. The van der Waals surface area contributed by atoms with Crippen LogP contribution in [0.2, 0.25) is 0 Å². The van der Waals surface area contributed by atoms with E-state index in [0.717, 1.165) is 31.7 Å². The fourth-order valence-electron chi connectivity index (χ4n) is 3.51. The zero-order valence-corrected chi connectivity index (χ0v) is 15.7. The molecule has 2 fully saturated rings. The van der Waals surface area contributed by atoms with Crippen LogP contribution in [0, 0.1) is 0 Å². The molecule has 7 heteroatoms. The SMILES string of the molecule is CC(C)(N)C(=O)N1CCN(C2CCN(c3ccccc3)C2=O)CC1.Cl. The predicted octanol–water partition coefficient (Wildman–Crippen LogP) is 1.10. The number of piperazine rings is 1. The van der Waals surface area contributed by atoms with Gasteiger partial charge in [-0.25, -0.2) is 0 Å². The normalized spacial score (nSPS) is 22.0. The number of carbonyl (C=O) groups excluding carboxylic acids is 2. The van der Waals surface area contributed by atoms with E-state index in [1.165, 1.54) is 0 Å². The summed E-state index contributed by atoms with van der Waals surface area (Å²) in [6.45, 7) is 6.94. The largest absolute Gasteiger partial charge is 0.339 e. The second-order valence-electron chi connectivity index (χ2n) is 7.18. The first kappa shape index (κ1) is 19.7. The average molecular weight is 367 g/mol. The van der Waals surface area contributed by atoms with Gasteiger partial charge in [0.25, 0.3) is 0 Å². The number of halogens is 1. The molecular weight excluding hydrogens is 340 g/mol. The maximum atomic E-state index is 12.8. The van der Waals surface area contributed by atoms with E-state index >= 15 is 0 Å². The minimum atomic E-state index is -0.838. The zero-order chi connectivity index (χ0) is 17.3. The second-order valence-corrected chi connectivity index (χ2v) is 7.18. The quantitative estimate of drug-likeness (QED) is 0.869. The molecule has 1 aromatic carbocycles. The fraction of sp³-hybridized carbons (Fsp3) is 0.556.